The minimum Gasteiger partial charge on any atom is -0.481 e. The lowest BCUT2D eigenvalue weighted by atomic mass is 10.1. The monoisotopic (exact) mass is 299 g/mol. The molecule has 7 heteroatoms. The van der Waals surface area contributed by atoms with Crippen LogP contribution in [-0.4, -0.2) is 11.1 Å². The molecule has 0 aliphatic carbocycles. The Kier molecular flexibility index (Phi) is 4.04. The van der Waals surface area contributed by atoms with Gasteiger partial charge in [-0.25, -0.2) is 0 Å². The van der Waals surface area contributed by atoms with Gasteiger partial charge in [0.2, 0.25) is 0 Å². The Morgan fingerprint density at radius 1 is 1.29 bits per heavy atom. The Labute approximate surface area is 118 Å². The van der Waals surface area contributed by atoms with E-state index in [1.807, 2.05) is 0 Å². The number of carboxylic acid groups (broad SMARTS) is 1. The van der Waals surface area contributed by atoms with Gasteiger partial charge in [0.1, 0.15) is 11.5 Å². The fraction of sp³-hybridized carbons (Fsp3) is 0.214. The quantitative estimate of drug-likeness (QED) is 0.906. The van der Waals surface area contributed by atoms with Gasteiger partial charge in [-0.1, -0.05) is 12.1 Å². The van der Waals surface area contributed by atoms with Gasteiger partial charge in [-0.2, -0.15) is 13.2 Å². The highest BCUT2D eigenvalue weighted by Crippen LogP contribution is 2.33. The van der Waals surface area contributed by atoms with Crippen molar-refractivity contribution in [2.24, 2.45) is 5.73 Å². The highest BCUT2D eigenvalue weighted by atomic mass is 19.4. The first kappa shape index (κ1) is 15.1. The second-order valence-electron chi connectivity index (χ2n) is 4.48. The van der Waals surface area contributed by atoms with Crippen molar-refractivity contribution in [2.45, 2.75) is 18.6 Å². The maximum Gasteiger partial charge on any atom is 0.416 e. The molecule has 2 rings (SSSR count). The second kappa shape index (κ2) is 5.61. The molecule has 0 radical (unpaired) electrons. The largest absolute Gasteiger partial charge is 0.481 e. The summed E-state index contributed by atoms with van der Waals surface area (Å²) in [5.41, 5.74) is 5.10. The summed E-state index contributed by atoms with van der Waals surface area (Å²) >= 11 is 0. The van der Waals surface area contributed by atoms with E-state index in [1.165, 1.54) is 24.3 Å². The van der Waals surface area contributed by atoms with Crippen molar-refractivity contribution in [1.82, 2.24) is 0 Å². The zero-order valence-corrected chi connectivity index (χ0v) is 10.7. The predicted octanol–water partition coefficient (Wildman–Crippen LogP) is 3.44. The van der Waals surface area contributed by atoms with Crippen LogP contribution in [0.1, 0.15) is 23.8 Å². The zero-order chi connectivity index (χ0) is 15.6. The van der Waals surface area contributed by atoms with E-state index in [-0.39, 0.29) is 23.5 Å². The van der Waals surface area contributed by atoms with E-state index < -0.39 is 23.8 Å². The number of halogens is 3. The Bertz CT molecular complexity index is 649. The fourth-order valence-corrected chi connectivity index (χ4v) is 1.84. The fourth-order valence-electron chi connectivity index (χ4n) is 1.84. The molecule has 0 fully saturated rings. The number of benzene rings is 1. The molecule has 0 amide bonds. The van der Waals surface area contributed by atoms with Gasteiger partial charge in [-0.15, -0.1) is 0 Å². The van der Waals surface area contributed by atoms with E-state index >= 15 is 0 Å². The van der Waals surface area contributed by atoms with Crippen LogP contribution in [0.5, 0.6) is 0 Å². The number of aliphatic carboxylic acids is 1. The summed E-state index contributed by atoms with van der Waals surface area (Å²) < 4.78 is 43.3. The maximum absolute atomic E-state index is 12.6. The van der Waals surface area contributed by atoms with Gasteiger partial charge in [-0.05, 0) is 24.3 Å². The molecule has 0 spiro atoms. The van der Waals surface area contributed by atoms with Crippen molar-refractivity contribution >= 4 is 5.97 Å². The van der Waals surface area contributed by atoms with E-state index in [1.54, 1.807) is 0 Å². The molecule has 1 heterocycles. The number of hydrogen-bond donors (Lipinski definition) is 2. The molecule has 112 valence electrons. The summed E-state index contributed by atoms with van der Waals surface area (Å²) in [4.78, 5) is 10.6. The summed E-state index contributed by atoms with van der Waals surface area (Å²) in [6.45, 7) is 0. The van der Waals surface area contributed by atoms with Crippen molar-refractivity contribution in [3.8, 4) is 11.3 Å². The average Bonchev–Trinajstić information content (AvgIpc) is 2.86. The zero-order valence-electron chi connectivity index (χ0n) is 10.7. The molecule has 0 saturated carbocycles. The number of carbonyl (C=O) groups is 1. The lowest BCUT2D eigenvalue weighted by molar-refractivity contribution is -0.138. The summed E-state index contributed by atoms with van der Waals surface area (Å²) in [6.07, 6.45) is -4.76. The maximum atomic E-state index is 12.6. The first-order valence-corrected chi connectivity index (χ1v) is 6.02. The minimum absolute atomic E-state index is 0.205. The third-order valence-electron chi connectivity index (χ3n) is 2.86. The number of carboxylic acids is 1. The van der Waals surface area contributed by atoms with Gasteiger partial charge in [0, 0.05) is 5.56 Å². The van der Waals surface area contributed by atoms with Crippen LogP contribution in [-0.2, 0) is 11.0 Å². The highest BCUT2D eigenvalue weighted by molar-refractivity contribution is 5.68. The van der Waals surface area contributed by atoms with Crippen LogP contribution >= 0.6 is 0 Å². The van der Waals surface area contributed by atoms with E-state index in [0.29, 0.717) is 0 Å². The third-order valence-corrected chi connectivity index (χ3v) is 2.86. The molecule has 1 aromatic heterocycles. The number of hydrogen-bond acceptors (Lipinski definition) is 3. The standard InChI is InChI=1S/C14H12F3NO3/c15-14(16,17)9-3-1-2-8(6-9)11-4-5-12(21-11)10(18)7-13(19)20/h1-6,10H,7,18H2,(H,19,20)/t10-/m1/s1. The van der Waals surface area contributed by atoms with Crippen LogP contribution in [0.4, 0.5) is 13.2 Å². The van der Waals surface area contributed by atoms with E-state index in [0.717, 1.165) is 12.1 Å². The first-order chi connectivity index (χ1) is 9.77. The van der Waals surface area contributed by atoms with Gasteiger partial charge >= 0.3 is 12.1 Å². The smallest absolute Gasteiger partial charge is 0.416 e. The van der Waals surface area contributed by atoms with Crippen molar-refractivity contribution in [3.63, 3.8) is 0 Å². The summed E-state index contributed by atoms with van der Waals surface area (Å²) in [7, 11) is 0. The summed E-state index contributed by atoms with van der Waals surface area (Å²) in [6, 6.07) is 6.75. The van der Waals surface area contributed by atoms with Crippen LogP contribution in [0.25, 0.3) is 11.3 Å². The van der Waals surface area contributed by atoms with Crippen LogP contribution < -0.4 is 5.73 Å². The van der Waals surface area contributed by atoms with Gasteiger partial charge < -0.3 is 15.3 Å². The molecule has 3 N–H and O–H groups in total. The molecular formula is C14H12F3NO3. The molecule has 0 aliphatic rings. The molecule has 1 atom stereocenters. The van der Waals surface area contributed by atoms with E-state index in [2.05, 4.69) is 0 Å². The van der Waals surface area contributed by atoms with Crippen LogP contribution in [0, 0.1) is 0 Å². The highest BCUT2D eigenvalue weighted by Gasteiger charge is 2.30. The first-order valence-electron chi connectivity index (χ1n) is 6.02. The van der Waals surface area contributed by atoms with Crippen molar-refractivity contribution in [1.29, 1.82) is 0 Å². The molecule has 4 nitrogen and oxygen atoms in total. The Morgan fingerprint density at radius 3 is 2.62 bits per heavy atom. The van der Waals surface area contributed by atoms with Crippen molar-refractivity contribution in [2.75, 3.05) is 0 Å². The summed E-state index contributed by atoms with van der Waals surface area (Å²) in [5.74, 6) is -0.665. The number of furan rings is 1. The summed E-state index contributed by atoms with van der Waals surface area (Å²) in [5, 5.41) is 8.65. The lowest BCUT2D eigenvalue weighted by Gasteiger charge is -2.08. The van der Waals surface area contributed by atoms with Gasteiger partial charge in [-0.3, -0.25) is 4.79 Å². The van der Waals surface area contributed by atoms with Crippen LogP contribution in [0.3, 0.4) is 0 Å². The van der Waals surface area contributed by atoms with Crippen LogP contribution in [0.2, 0.25) is 0 Å². The average molecular weight is 299 g/mol. The third kappa shape index (κ3) is 3.63. The Balaban J connectivity index is 2.28. The second-order valence-corrected chi connectivity index (χ2v) is 4.48. The molecule has 0 aliphatic heterocycles. The molecular weight excluding hydrogens is 287 g/mol. The number of alkyl halides is 3. The van der Waals surface area contributed by atoms with E-state index in [4.69, 9.17) is 15.3 Å². The molecule has 0 bridgehead atoms. The van der Waals surface area contributed by atoms with Gasteiger partial charge in [0.15, 0.2) is 0 Å². The number of nitrogens with two attached hydrogens (primary N) is 1. The molecule has 0 saturated heterocycles. The minimum atomic E-state index is -4.44. The molecule has 21 heavy (non-hydrogen) atoms. The van der Waals surface area contributed by atoms with Crippen molar-refractivity contribution < 1.29 is 27.5 Å². The predicted molar refractivity (Wildman–Crippen MR) is 68.3 cm³/mol. The molecule has 1 aromatic carbocycles. The topological polar surface area (TPSA) is 76.5 Å². The van der Waals surface area contributed by atoms with E-state index in [9.17, 15) is 18.0 Å². The Hall–Kier alpha value is -2.28. The molecule has 0 unspecified atom stereocenters. The normalized spacial score (nSPS) is 13.1. The van der Waals surface area contributed by atoms with Crippen molar-refractivity contribution in [3.05, 3.63) is 47.7 Å². The van der Waals surface area contributed by atoms with Gasteiger partial charge in [0.05, 0.1) is 18.0 Å². The molecule has 2 aromatic rings. The van der Waals surface area contributed by atoms with Gasteiger partial charge in [0.25, 0.3) is 0 Å². The SMILES string of the molecule is N[C@H](CC(=O)O)c1ccc(-c2cccc(C(F)(F)F)c2)o1. The number of rotatable bonds is 4. The lowest BCUT2D eigenvalue weighted by Crippen LogP contribution is -2.14. The Morgan fingerprint density at radius 2 is 2.00 bits per heavy atom. The van der Waals surface area contributed by atoms with Crippen LogP contribution in [0.15, 0.2) is 40.8 Å².